The molecule has 1 aliphatic carbocycles. The van der Waals surface area contributed by atoms with Crippen molar-refractivity contribution < 1.29 is 5.11 Å². The maximum absolute atomic E-state index is 9.42. The largest absolute Gasteiger partial charge is 0.396 e. The Morgan fingerprint density at radius 2 is 2.04 bits per heavy atom. The number of hydrogen-bond acceptors (Lipinski definition) is 3. The van der Waals surface area contributed by atoms with Gasteiger partial charge in [0.15, 0.2) is 0 Å². The zero-order valence-corrected chi connectivity index (χ0v) is 14.5. The van der Waals surface area contributed by atoms with Gasteiger partial charge in [0.1, 0.15) is 0 Å². The molecule has 1 atom stereocenters. The molecule has 2 aromatic rings. The first-order valence-electron chi connectivity index (χ1n) is 9.46. The summed E-state index contributed by atoms with van der Waals surface area (Å²) in [4.78, 5) is 8.60. The summed E-state index contributed by atoms with van der Waals surface area (Å²) in [6.07, 6.45) is 6.99. The molecule has 2 N–H and O–H groups in total. The van der Waals surface area contributed by atoms with Crippen molar-refractivity contribution in [3.63, 3.8) is 0 Å². The summed E-state index contributed by atoms with van der Waals surface area (Å²) in [6.45, 7) is 6.10. The maximum Gasteiger partial charge on any atom is 0.0456 e. The highest BCUT2D eigenvalue weighted by molar-refractivity contribution is 5.83. The van der Waals surface area contributed by atoms with Crippen LogP contribution in [-0.4, -0.2) is 65.3 Å². The second-order valence-corrected chi connectivity index (χ2v) is 7.51. The third kappa shape index (κ3) is 3.66. The molecule has 1 unspecified atom stereocenters. The van der Waals surface area contributed by atoms with Gasteiger partial charge in [0.2, 0.25) is 0 Å². The van der Waals surface area contributed by atoms with Crippen LogP contribution in [0.3, 0.4) is 0 Å². The molecule has 130 valence electrons. The van der Waals surface area contributed by atoms with Gasteiger partial charge in [-0.15, -0.1) is 0 Å². The minimum absolute atomic E-state index is 0.308. The number of rotatable bonds is 7. The molecule has 4 rings (SSSR count). The van der Waals surface area contributed by atoms with Crippen molar-refractivity contribution in [3.05, 3.63) is 36.0 Å². The van der Waals surface area contributed by atoms with Crippen LogP contribution in [0.15, 0.2) is 30.5 Å². The number of piperazine rings is 1. The van der Waals surface area contributed by atoms with Gasteiger partial charge in [-0.25, -0.2) is 0 Å². The van der Waals surface area contributed by atoms with E-state index in [2.05, 4.69) is 45.2 Å². The quantitative estimate of drug-likeness (QED) is 0.821. The predicted octanol–water partition coefficient (Wildman–Crippen LogP) is 2.49. The standard InChI is InChI=1S/C20H29N3O/c24-12-8-18-15-22(10-11-23(18)14-16-5-6-16)9-7-17-13-21-20-4-2-1-3-19(17)20/h1-4,13,16,18,21,24H,5-12,14-15H2. The second kappa shape index (κ2) is 7.26. The molecule has 1 aromatic heterocycles. The summed E-state index contributed by atoms with van der Waals surface area (Å²) in [6, 6.07) is 9.09. The number of benzene rings is 1. The number of nitrogens with one attached hydrogen (secondary N) is 1. The summed E-state index contributed by atoms with van der Waals surface area (Å²) >= 11 is 0. The average molecular weight is 327 g/mol. The zero-order valence-electron chi connectivity index (χ0n) is 14.5. The Hall–Kier alpha value is -1.36. The Bertz CT molecular complexity index is 664. The van der Waals surface area contributed by atoms with Crippen molar-refractivity contribution in [3.8, 4) is 0 Å². The molecule has 1 aliphatic heterocycles. The lowest BCUT2D eigenvalue weighted by Crippen LogP contribution is -2.54. The molecule has 4 nitrogen and oxygen atoms in total. The van der Waals surface area contributed by atoms with Gasteiger partial charge in [0.05, 0.1) is 0 Å². The molecule has 1 saturated heterocycles. The van der Waals surface area contributed by atoms with Crippen molar-refractivity contribution in [1.82, 2.24) is 14.8 Å². The van der Waals surface area contributed by atoms with E-state index in [-0.39, 0.29) is 0 Å². The molecular formula is C20H29N3O. The molecule has 4 heteroatoms. The number of fused-ring (bicyclic) bond motifs is 1. The molecule has 0 radical (unpaired) electrons. The minimum Gasteiger partial charge on any atom is -0.396 e. The first kappa shape index (κ1) is 16.1. The highest BCUT2D eigenvalue weighted by atomic mass is 16.3. The van der Waals surface area contributed by atoms with Gasteiger partial charge in [-0.05, 0) is 43.2 Å². The summed E-state index contributed by atoms with van der Waals surface area (Å²) in [5, 5.41) is 10.8. The van der Waals surface area contributed by atoms with E-state index in [4.69, 9.17) is 0 Å². The summed E-state index contributed by atoms with van der Waals surface area (Å²) in [7, 11) is 0. The molecule has 0 bridgehead atoms. The van der Waals surface area contributed by atoms with Crippen LogP contribution < -0.4 is 0 Å². The Morgan fingerprint density at radius 3 is 2.88 bits per heavy atom. The Morgan fingerprint density at radius 1 is 1.17 bits per heavy atom. The SMILES string of the molecule is OCCC1CN(CCc2c[nH]c3ccccc23)CCN1CC1CC1. The summed E-state index contributed by atoms with van der Waals surface area (Å²) in [5.74, 6) is 0.934. The number of hydrogen-bond donors (Lipinski definition) is 2. The Labute approximate surface area is 144 Å². The van der Waals surface area contributed by atoms with Crippen LogP contribution >= 0.6 is 0 Å². The molecule has 2 aliphatic rings. The average Bonchev–Trinajstić information content (AvgIpc) is 3.33. The lowest BCUT2D eigenvalue weighted by atomic mass is 10.1. The van der Waals surface area contributed by atoms with Gasteiger partial charge < -0.3 is 15.0 Å². The first-order valence-corrected chi connectivity index (χ1v) is 9.46. The number of aliphatic hydroxyl groups is 1. The Balaban J connectivity index is 1.34. The van der Waals surface area contributed by atoms with Gasteiger partial charge in [-0.1, -0.05) is 18.2 Å². The van der Waals surface area contributed by atoms with Gasteiger partial charge in [0.25, 0.3) is 0 Å². The maximum atomic E-state index is 9.42. The number of para-hydroxylation sites is 1. The molecular weight excluding hydrogens is 298 g/mol. The number of aromatic nitrogens is 1. The van der Waals surface area contributed by atoms with E-state index in [1.807, 2.05) is 0 Å². The fourth-order valence-corrected chi connectivity index (χ4v) is 4.07. The second-order valence-electron chi connectivity index (χ2n) is 7.51. The van der Waals surface area contributed by atoms with Crippen LogP contribution in [0.2, 0.25) is 0 Å². The molecule has 1 saturated carbocycles. The van der Waals surface area contributed by atoms with Gasteiger partial charge >= 0.3 is 0 Å². The van der Waals surface area contributed by atoms with Crippen LogP contribution in [0.25, 0.3) is 10.9 Å². The van der Waals surface area contributed by atoms with Crippen LogP contribution in [0.1, 0.15) is 24.8 Å². The molecule has 2 heterocycles. The monoisotopic (exact) mass is 327 g/mol. The molecule has 24 heavy (non-hydrogen) atoms. The summed E-state index contributed by atoms with van der Waals surface area (Å²) in [5.41, 5.74) is 2.66. The van der Waals surface area contributed by atoms with Crippen molar-refractivity contribution in [2.75, 3.05) is 39.3 Å². The third-order valence-electron chi connectivity index (χ3n) is 5.71. The molecule has 0 spiro atoms. The zero-order chi connectivity index (χ0) is 16.4. The number of aliphatic hydroxyl groups excluding tert-OH is 1. The number of H-pyrrole nitrogens is 1. The van der Waals surface area contributed by atoms with Crippen LogP contribution in [0, 0.1) is 5.92 Å². The lowest BCUT2D eigenvalue weighted by molar-refractivity contribution is 0.0566. The van der Waals surface area contributed by atoms with E-state index < -0.39 is 0 Å². The van der Waals surface area contributed by atoms with Gasteiger partial charge in [-0.2, -0.15) is 0 Å². The van der Waals surface area contributed by atoms with E-state index in [9.17, 15) is 5.11 Å². The fraction of sp³-hybridized carbons (Fsp3) is 0.600. The van der Waals surface area contributed by atoms with E-state index in [1.165, 1.54) is 35.9 Å². The molecule has 0 amide bonds. The van der Waals surface area contributed by atoms with E-state index in [1.54, 1.807) is 0 Å². The van der Waals surface area contributed by atoms with Crippen LogP contribution in [-0.2, 0) is 6.42 Å². The lowest BCUT2D eigenvalue weighted by Gasteiger charge is -2.41. The van der Waals surface area contributed by atoms with Crippen molar-refractivity contribution in [1.29, 1.82) is 0 Å². The number of nitrogens with zero attached hydrogens (tertiary/aromatic N) is 2. The first-order chi connectivity index (χ1) is 11.8. The third-order valence-corrected chi connectivity index (χ3v) is 5.71. The fourth-order valence-electron chi connectivity index (χ4n) is 4.07. The van der Waals surface area contributed by atoms with Crippen molar-refractivity contribution in [2.24, 2.45) is 5.92 Å². The minimum atomic E-state index is 0.308. The van der Waals surface area contributed by atoms with Gasteiger partial charge in [0, 0.05) is 62.5 Å². The predicted molar refractivity (Wildman–Crippen MR) is 98.2 cm³/mol. The summed E-state index contributed by atoms with van der Waals surface area (Å²) < 4.78 is 0. The molecule has 2 fully saturated rings. The van der Waals surface area contributed by atoms with E-state index in [0.29, 0.717) is 12.6 Å². The normalized spacial score (nSPS) is 23.1. The Kier molecular flexibility index (Phi) is 4.88. The van der Waals surface area contributed by atoms with E-state index >= 15 is 0 Å². The van der Waals surface area contributed by atoms with E-state index in [0.717, 1.165) is 44.9 Å². The topological polar surface area (TPSA) is 42.5 Å². The van der Waals surface area contributed by atoms with Crippen LogP contribution in [0.4, 0.5) is 0 Å². The van der Waals surface area contributed by atoms with Gasteiger partial charge in [-0.3, -0.25) is 4.90 Å². The van der Waals surface area contributed by atoms with Crippen LogP contribution in [0.5, 0.6) is 0 Å². The van der Waals surface area contributed by atoms with Crippen molar-refractivity contribution >= 4 is 10.9 Å². The van der Waals surface area contributed by atoms with Crippen molar-refractivity contribution in [2.45, 2.75) is 31.7 Å². The number of aromatic amines is 1. The smallest absolute Gasteiger partial charge is 0.0456 e. The highest BCUT2D eigenvalue weighted by Crippen LogP contribution is 2.31. The molecule has 1 aromatic carbocycles. The highest BCUT2D eigenvalue weighted by Gasteiger charge is 2.31.